The molecular weight excluding hydrogens is 266 g/mol. The summed E-state index contributed by atoms with van der Waals surface area (Å²) < 4.78 is 15.4. The van der Waals surface area contributed by atoms with Crippen LogP contribution in [0.3, 0.4) is 0 Å². The maximum Gasteiger partial charge on any atom is 0.0978 e. The Morgan fingerprint density at radius 3 is 2.50 bits per heavy atom. The van der Waals surface area contributed by atoms with Gasteiger partial charge in [-0.05, 0) is 45.2 Å². The zero-order chi connectivity index (χ0) is 15.2. The molecule has 0 aromatic heterocycles. The number of allylic oxidation sites excluding steroid dienone is 1. The Morgan fingerprint density at radius 2 is 1.95 bits per heavy atom. The fourth-order valence-electron chi connectivity index (χ4n) is 1.83. The molecule has 0 spiro atoms. The first-order valence-electron chi connectivity index (χ1n) is 7.26. The maximum atomic E-state index is 12.4. The summed E-state index contributed by atoms with van der Waals surface area (Å²) in [5, 5.41) is 0. The Balaban J connectivity index is 2.98. The van der Waals surface area contributed by atoms with Crippen LogP contribution in [0.4, 0.5) is 0 Å². The lowest BCUT2D eigenvalue weighted by Gasteiger charge is -2.23. The number of hydrogen-bond acceptors (Lipinski definition) is 1. The molecule has 1 rings (SSSR count). The molecule has 3 heteroatoms. The fraction of sp³-hybridized carbons (Fsp3) is 0.529. The molecule has 0 radical (unpaired) electrons. The molecule has 0 heterocycles. The first kappa shape index (κ1) is 17.1. The van der Waals surface area contributed by atoms with Crippen molar-refractivity contribution in [3.8, 4) is 0 Å². The predicted molar refractivity (Wildman–Crippen MR) is 89.0 cm³/mol. The maximum absolute atomic E-state index is 12.4. The largest absolute Gasteiger partial charge is 0.242 e. The molecule has 1 aromatic carbocycles. The van der Waals surface area contributed by atoms with E-state index < -0.39 is 11.0 Å². The summed E-state index contributed by atoms with van der Waals surface area (Å²) in [5.41, 5.74) is 2.41. The van der Waals surface area contributed by atoms with Crippen LogP contribution in [-0.2, 0) is 11.0 Å². The molecule has 20 heavy (non-hydrogen) atoms. The van der Waals surface area contributed by atoms with Gasteiger partial charge in [-0.2, -0.15) is 0 Å². The Kier molecular flexibility index (Phi) is 6.63. The van der Waals surface area contributed by atoms with E-state index >= 15 is 0 Å². The average molecular weight is 293 g/mol. The van der Waals surface area contributed by atoms with E-state index in [1.54, 1.807) is 0 Å². The van der Waals surface area contributed by atoms with Crippen LogP contribution in [0.15, 0.2) is 36.4 Å². The van der Waals surface area contributed by atoms with Crippen LogP contribution in [0.25, 0.3) is 0 Å². The van der Waals surface area contributed by atoms with Crippen molar-refractivity contribution in [3.05, 3.63) is 47.5 Å². The molecule has 0 saturated heterocycles. The van der Waals surface area contributed by atoms with Crippen molar-refractivity contribution in [1.29, 1.82) is 0 Å². The topological polar surface area (TPSA) is 29.1 Å². The van der Waals surface area contributed by atoms with E-state index in [9.17, 15) is 4.21 Å². The lowest BCUT2D eigenvalue weighted by Crippen LogP contribution is -2.35. The molecule has 0 saturated carbocycles. The van der Waals surface area contributed by atoms with E-state index in [-0.39, 0.29) is 10.8 Å². The van der Waals surface area contributed by atoms with Gasteiger partial charge < -0.3 is 0 Å². The molecule has 0 bridgehead atoms. The van der Waals surface area contributed by atoms with Gasteiger partial charge in [-0.25, -0.2) is 8.93 Å². The van der Waals surface area contributed by atoms with Crippen LogP contribution in [0.5, 0.6) is 0 Å². The highest BCUT2D eigenvalue weighted by atomic mass is 32.2. The third-order valence-electron chi connectivity index (χ3n) is 3.10. The Labute approximate surface area is 126 Å². The van der Waals surface area contributed by atoms with Crippen LogP contribution in [0.1, 0.15) is 57.7 Å². The number of rotatable bonds is 6. The normalized spacial score (nSPS) is 15.4. The zero-order valence-electron chi connectivity index (χ0n) is 13.3. The van der Waals surface area contributed by atoms with Gasteiger partial charge in [0.1, 0.15) is 0 Å². The summed E-state index contributed by atoms with van der Waals surface area (Å²) >= 11 is 0. The van der Waals surface area contributed by atoms with Crippen molar-refractivity contribution >= 4 is 11.0 Å². The molecule has 112 valence electrons. The van der Waals surface area contributed by atoms with Gasteiger partial charge in [0.2, 0.25) is 0 Å². The van der Waals surface area contributed by atoms with Crippen molar-refractivity contribution < 1.29 is 4.21 Å². The van der Waals surface area contributed by atoms with Gasteiger partial charge >= 0.3 is 0 Å². The molecular formula is C17H27NOS. The standard InChI is InChI=1S/C17H27NOS/c1-6-7-8-13-16(18-20(19)17(3,4)5)15-12-10-9-11-14(15)2/h8-13,16,18H,6-7H2,1-5H3/b13-8+/t16-,20-/m1/s1. The van der Waals surface area contributed by atoms with Crippen molar-refractivity contribution in [2.75, 3.05) is 0 Å². The predicted octanol–water partition coefficient (Wildman–Crippen LogP) is 4.44. The van der Waals surface area contributed by atoms with E-state index in [2.05, 4.69) is 42.9 Å². The highest BCUT2D eigenvalue weighted by Gasteiger charge is 2.22. The lowest BCUT2D eigenvalue weighted by atomic mass is 10.0. The first-order chi connectivity index (χ1) is 9.36. The second kappa shape index (κ2) is 7.75. The SMILES string of the molecule is CCC/C=C/[C@@H](N[S@](=O)C(C)(C)C)c1ccccc1C. The van der Waals surface area contributed by atoms with Crippen molar-refractivity contribution in [2.45, 2.75) is 58.2 Å². The molecule has 1 aromatic rings. The fourth-order valence-corrected chi connectivity index (χ4v) is 2.62. The molecule has 0 aliphatic carbocycles. The van der Waals surface area contributed by atoms with E-state index in [0.717, 1.165) is 12.8 Å². The molecule has 0 amide bonds. The van der Waals surface area contributed by atoms with Gasteiger partial charge in [0.15, 0.2) is 0 Å². The van der Waals surface area contributed by atoms with E-state index in [4.69, 9.17) is 0 Å². The smallest absolute Gasteiger partial charge is 0.0978 e. The van der Waals surface area contributed by atoms with E-state index in [1.165, 1.54) is 11.1 Å². The molecule has 0 aliphatic heterocycles. The van der Waals surface area contributed by atoms with Crippen molar-refractivity contribution in [2.24, 2.45) is 0 Å². The number of unbranched alkanes of at least 4 members (excludes halogenated alkanes) is 1. The van der Waals surface area contributed by atoms with Gasteiger partial charge in [-0.15, -0.1) is 0 Å². The minimum Gasteiger partial charge on any atom is -0.242 e. The number of aryl methyl sites for hydroxylation is 1. The number of nitrogens with one attached hydrogen (secondary N) is 1. The van der Waals surface area contributed by atoms with Crippen molar-refractivity contribution in [3.63, 3.8) is 0 Å². The molecule has 2 nitrogen and oxygen atoms in total. The van der Waals surface area contributed by atoms with Gasteiger partial charge in [-0.3, -0.25) is 0 Å². The molecule has 0 aliphatic rings. The minimum absolute atomic E-state index is 0.00260. The Hall–Kier alpha value is -0.930. The third kappa shape index (κ3) is 5.22. The van der Waals surface area contributed by atoms with Gasteiger partial charge in [0.05, 0.1) is 21.8 Å². The van der Waals surface area contributed by atoms with Crippen molar-refractivity contribution in [1.82, 2.24) is 4.72 Å². The Morgan fingerprint density at radius 1 is 1.30 bits per heavy atom. The van der Waals surface area contributed by atoms with Crippen LogP contribution in [0.2, 0.25) is 0 Å². The third-order valence-corrected chi connectivity index (χ3v) is 4.68. The average Bonchev–Trinajstić information content (AvgIpc) is 2.37. The van der Waals surface area contributed by atoms with Crippen LogP contribution < -0.4 is 4.72 Å². The summed E-state index contributed by atoms with van der Waals surface area (Å²) in [7, 11) is -1.08. The van der Waals surface area contributed by atoms with Crippen LogP contribution in [0, 0.1) is 6.92 Å². The number of benzene rings is 1. The van der Waals surface area contributed by atoms with Gasteiger partial charge in [-0.1, -0.05) is 49.8 Å². The quantitative estimate of drug-likeness (QED) is 0.772. The minimum atomic E-state index is -1.08. The second-order valence-corrected chi connectivity index (χ2v) is 8.05. The molecule has 0 unspecified atom stereocenters. The second-order valence-electron chi connectivity index (χ2n) is 6.05. The Bertz CT molecular complexity index is 474. The van der Waals surface area contributed by atoms with Gasteiger partial charge in [0.25, 0.3) is 0 Å². The van der Waals surface area contributed by atoms with E-state index in [1.807, 2.05) is 32.9 Å². The van der Waals surface area contributed by atoms with Crippen LogP contribution >= 0.6 is 0 Å². The highest BCUT2D eigenvalue weighted by molar-refractivity contribution is 7.84. The molecule has 2 atom stereocenters. The monoisotopic (exact) mass is 293 g/mol. The molecule has 0 fully saturated rings. The van der Waals surface area contributed by atoms with Crippen LogP contribution in [-0.4, -0.2) is 8.96 Å². The highest BCUT2D eigenvalue weighted by Crippen LogP contribution is 2.22. The summed E-state index contributed by atoms with van der Waals surface area (Å²) in [5.74, 6) is 0. The summed E-state index contributed by atoms with van der Waals surface area (Å²) in [6, 6.07) is 8.26. The number of hydrogen-bond donors (Lipinski definition) is 1. The molecule has 1 N–H and O–H groups in total. The summed E-state index contributed by atoms with van der Waals surface area (Å²) in [6.45, 7) is 10.2. The van der Waals surface area contributed by atoms with Gasteiger partial charge in [0, 0.05) is 0 Å². The first-order valence-corrected chi connectivity index (χ1v) is 8.41. The zero-order valence-corrected chi connectivity index (χ0v) is 14.1. The summed E-state index contributed by atoms with van der Waals surface area (Å²) in [4.78, 5) is 0. The lowest BCUT2D eigenvalue weighted by molar-refractivity contribution is 0.625. The van der Waals surface area contributed by atoms with E-state index in [0.29, 0.717) is 0 Å². The summed E-state index contributed by atoms with van der Waals surface area (Å²) in [6.07, 6.45) is 6.48.